The Hall–Kier alpha value is -2.10. The first-order valence-electron chi connectivity index (χ1n) is 4.94. The Balaban J connectivity index is 2.42. The second-order valence-corrected chi connectivity index (χ2v) is 3.75. The summed E-state index contributed by atoms with van der Waals surface area (Å²) in [5.41, 5.74) is 3.36. The van der Waals surface area contributed by atoms with Crippen LogP contribution in [0.25, 0.3) is 11.4 Å². The zero-order valence-electron chi connectivity index (χ0n) is 9.11. The summed E-state index contributed by atoms with van der Waals surface area (Å²) in [4.78, 5) is 17.5. The van der Waals surface area contributed by atoms with E-state index in [1.165, 1.54) is 11.8 Å². The maximum Gasteiger partial charge on any atom is 0.353 e. The van der Waals surface area contributed by atoms with Crippen LogP contribution in [0.4, 0.5) is 0 Å². The standard InChI is InChI=1S/C12H12N2O2/c1-7-3-4-9(5-8(7)2)11-13-6-10(14-11)12(15)16/h3-6H,1-2H3,(H,13,14)(H,15,16). The number of aryl methyl sites for hydroxylation is 2. The monoisotopic (exact) mass is 216 g/mol. The predicted octanol–water partition coefficient (Wildman–Crippen LogP) is 2.39. The summed E-state index contributed by atoms with van der Waals surface area (Å²) in [6.45, 7) is 4.05. The van der Waals surface area contributed by atoms with Crippen LogP contribution in [-0.2, 0) is 0 Å². The number of carbonyl (C=O) groups is 1. The first-order chi connectivity index (χ1) is 7.58. The average molecular weight is 216 g/mol. The number of hydrogen-bond donors (Lipinski definition) is 2. The second kappa shape index (κ2) is 3.81. The highest BCUT2D eigenvalue weighted by Gasteiger charge is 2.08. The van der Waals surface area contributed by atoms with Crippen molar-refractivity contribution in [1.29, 1.82) is 0 Å². The minimum absolute atomic E-state index is 0.105. The lowest BCUT2D eigenvalue weighted by atomic mass is 10.1. The Morgan fingerprint density at radius 3 is 2.62 bits per heavy atom. The van der Waals surface area contributed by atoms with Gasteiger partial charge in [-0.15, -0.1) is 0 Å². The fourth-order valence-electron chi connectivity index (χ4n) is 1.47. The van der Waals surface area contributed by atoms with Crippen LogP contribution in [0.1, 0.15) is 21.6 Å². The number of imidazole rings is 1. The van der Waals surface area contributed by atoms with E-state index < -0.39 is 5.97 Å². The molecule has 2 aromatic rings. The average Bonchev–Trinajstić information content (AvgIpc) is 2.71. The molecule has 1 heterocycles. The summed E-state index contributed by atoms with van der Waals surface area (Å²) in [6.07, 6.45) is 1.33. The van der Waals surface area contributed by atoms with Crippen LogP contribution in [0.15, 0.2) is 24.4 Å². The second-order valence-electron chi connectivity index (χ2n) is 3.75. The summed E-state index contributed by atoms with van der Waals surface area (Å²) in [5, 5.41) is 8.77. The molecule has 4 nitrogen and oxygen atoms in total. The third-order valence-corrected chi connectivity index (χ3v) is 2.59. The van der Waals surface area contributed by atoms with E-state index in [0.29, 0.717) is 5.82 Å². The first kappa shape index (κ1) is 10.4. The van der Waals surface area contributed by atoms with E-state index in [9.17, 15) is 4.79 Å². The van der Waals surface area contributed by atoms with Gasteiger partial charge in [0.25, 0.3) is 0 Å². The van der Waals surface area contributed by atoms with Crippen molar-refractivity contribution in [3.63, 3.8) is 0 Å². The quantitative estimate of drug-likeness (QED) is 0.810. The number of nitrogens with one attached hydrogen (secondary N) is 1. The Bertz CT molecular complexity index is 544. The number of aromatic amines is 1. The van der Waals surface area contributed by atoms with Gasteiger partial charge in [0, 0.05) is 5.56 Å². The summed E-state index contributed by atoms with van der Waals surface area (Å²) < 4.78 is 0. The van der Waals surface area contributed by atoms with E-state index >= 15 is 0 Å². The highest BCUT2D eigenvalue weighted by molar-refractivity contribution is 5.85. The third-order valence-electron chi connectivity index (χ3n) is 2.59. The van der Waals surface area contributed by atoms with Gasteiger partial charge < -0.3 is 10.1 Å². The Labute approximate surface area is 93.0 Å². The molecule has 0 aliphatic carbocycles. The lowest BCUT2D eigenvalue weighted by Crippen LogP contribution is -1.95. The fraction of sp³-hybridized carbons (Fsp3) is 0.167. The molecule has 2 rings (SSSR count). The summed E-state index contributed by atoms with van der Waals surface area (Å²) in [7, 11) is 0. The minimum Gasteiger partial charge on any atom is -0.477 e. The minimum atomic E-state index is -0.998. The number of nitrogens with zero attached hydrogens (tertiary/aromatic N) is 1. The molecule has 0 saturated carbocycles. The number of rotatable bonds is 2. The molecule has 4 heteroatoms. The summed E-state index contributed by atoms with van der Waals surface area (Å²) in [6, 6.07) is 5.90. The van der Waals surface area contributed by atoms with E-state index in [0.717, 1.165) is 11.1 Å². The van der Waals surface area contributed by atoms with Gasteiger partial charge in [0.1, 0.15) is 11.5 Å². The molecule has 0 bridgehead atoms. The third kappa shape index (κ3) is 1.82. The molecular formula is C12H12N2O2. The maximum atomic E-state index is 10.7. The van der Waals surface area contributed by atoms with Crippen molar-refractivity contribution in [1.82, 2.24) is 9.97 Å². The maximum absolute atomic E-state index is 10.7. The molecule has 0 amide bonds. The fourth-order valence-corrected chi connectivity index (χ4v) is 1.47. The normalized spacial score (nSPS) is 10.4. The number of H-pyrrole nitrogens is 1. The van der Waals surface area contributed by atoms with Gasteiger partial charge in [-0.1, -0.05) is 12.1 Å². The van der Waals surface area contributed by atoms with Gasteiger partial charge >= 0.3 is 5.97 Å². The number of aromatic nitrogens is 2. The molecule has 1 aromatic heterocycles. The van der Waals surface area contributed by atoms with Crippen molar-refractivity contribution >= 4 is 5.97 Å². The van der Waals surface area contributed by atoms with E-state index in [1.54, 1.807) is 0 Å². The molecule has 0 unspecified atom stereocenters. The van der Waals surface area contributed by atoms with Crippen LogP contribution in [-0.4, -0.2) is 21.0 Å². The van der Waals surface area contributed by atoms with Crippen molar-refractivity contribution < 1.29 is 9.90 Å². The molecule has 16 heavy (non-hydrogen) atoms. The van der Waals surface area contributed by atoms with E-state index in [2.05, 4.69) is 9.97 Å². The topological polar surface area (TPSA) is 66.0 Å². The van der Waals surface area contributed by atoms with E-state index in [-0.39, 0.29) is 5.69 Å². The van der Waals surface area contributed by atoms with Crippen LogP contribution >= 0.6 is 0 Å². The molecule has 0 aliphatic rings. The molecule has 0 atom stereocenters. The van der Waals surface area contributed by atoms with Gasteiger partial charge in [0.15, 0.2) is 0 Å². The highest BCUT2D eigenvalue weighted by atomic mass is 16.4. The lowest BCUT2D eigenvalue weighted by molar-refractivity contribution is 0.0691. The summed E-state index contributed by atoms with van der Waals surface area (Å²) in [5.74, 6) is -0.414. The van der Waals surface area contributed by atoms with Crippen molar-refractivity contribution in [2.24, 2.45) is 0 Å². The molecule has 0 spiro atoms. The molecule has 0 fully saturated rings. The number of hydrogen-bond acceptors (Lipinski definition) is 2. The van der Waals surface area contributed by atoms with Crippen LogP contribution in [0.2, 0.25) is 0 Å². The van der Waals surface area contributed by atoms with Gasteiger partial charge in [-0.3, -0.25) is 0 Å². The Kier molecular flexibility index (Phi) is 2.48. The molecule has 82 valence electrons. The van der Waals surface area contributed by atoms with Crippen molar-refractivity contribution in [2.45, 2.75) is 13.8 Å². The molecular weight excluding hydrogens is 204 g/mol. The first-order valence-corrected chi connectivity index (χ1v) is 4.94. The highest BCUT2D eigenvalue weighted by Crippen LogP contribution is 2.19. The molecule has 2 N–H and O–H groups in total. The number of carboxylic acids is 1. The number of carboxylic acid groups (broad SMARTS) is 1. The smallest absolute Gasteiger partial charge is 0.353 e. The molecule has 0 radical (unpaired) electrons. The lowest BCUT2D eigenvalue weighted by Gasteiger charge is -2.02. The van der Waals surface area contributed by atoms with Gasteiger partial charge in [0.05, 0.1) is 6.20 Å². The van der Waals surface area contributed by atoms with Gasteiger partial charge in [-0.05, 0) is 31.0 Å². The van der Waals surface area contributed by atoms with E-state index in [1.807, 2.05) is 32.0 Å². The zero-order chi connectivity index (χ0) is 11.7. The Morgan fingerprint density at radius 2 is 2.06 bits per heavy atom. The predicted molar refractivity (Wildman–Crippen MR) is 60.5 cm³/mol. The van der Waals surface area contributed by atoms with E-state index in [4.69, 9.17) is 5.11 Å². The largest absolute Gasteiger partial charge is 0.477 e. The zero-order valence-corrected chi connectivity index (χ0v) is 9.11. The number of aromatic carboxylic acids is 1. The molecule has 1 aromatic carbocycles. The van der Waals surface area contributed by atoms with Crippen LogP contribution in [0.5, 0.6) is 0 Å². The SMILES string of the molecule is Cc1ccc(-c2ncc(C(=O)O)[nH]2)cc1C. The summed E-state index contributed by atoms with van der Waals surface area (Å²) >= 11 is 0. The number of benzene rings is 1. The van der Waals surface area contributed by atoms with Crippen LogP contribution < -0.4 is 0 Å². The molecule has 0 aliphatic heterocycles. The van der Waals surface area contributed by atoms with Crippen LogP contribution in [0.3, 0.4) is 0 Å². The van der Waals surface area contributed by atoms with Gasteiger partial charge in [-0.2, -0.15) is 0 Å². The van der Waals surface area contributed by atoms with Crippen molar-refractivity contribution in [3.05, 3.63) is 41.2 Å². The van der Waals surface area contributed by atoms with Crippen LogP contribution in [0, 0.1) is 13.8 Å². The van der Waals surface area contributed by atoms with Gasteiger partial charge in [0.2, 0.25) is 0 Å². The van der Waals surface area contributed by atoms with Gasteiger partial charge in [-0.25, -0.2) is 9.78 Å². The van der Waals surface area contributed by atoms with Crippen molar-refractivity contribution in [2.75, 3.05) is 0 Å². The van der Waals surface area contributed by atoms with Crippen molar-refractivity contribution in [3.8, 4) is 11.4 Å². The Morgan fingerprint density at radius 1 is 1.31 bits per heavy atom. The molecule has 0 saturated heterocycles.